The first-order chi connectivity index (χ1) is 18.6. The average Bonchev–Trinajstić information content (AvgIpc) is 3.33. The lowest BCUT2D eigenvalue weighted by atomic mass is 9.83. The number of nitrogens with zero attached hydrogens (tertiary/aromatic N) is 2. The Morgan fingerprint density at radius 2 is 1.72 bits per heavy atom. The van der Waals surface area contributed by atoms with Crippen LogP contribution < -0.4 is 23.0 Å². The number of halogens is 1. The van der Waals surface area contributed by atoms with Gasteiger partial charge in [0, 0.05) is 16.9 Å². The van der Waals surface area contributed by atoms with Gasteiger partial charge in [-0.15, -0.1) is 0 Å². The van der Waals surface area contributed by atoms with Crippen LogP contribution in [0.2, 0.25) is 0 Å². The summed E-state index contributed by atoms with van der Waals surface area (Å²) in [4.78, 5) is 41.9. The first kappa shape index (κ1) is 27.9. The molecule has 0 saturated heterocycles. The predicted octanol–water partition coefficient (Wildman–Crippen LogP) is 2.93. The van der Waals surface area contributed by atoms with Gasteiger partial charge in [-0.1, -0.05) is 49.6 Å². The lowest BCUT2D eigenvalue weighted by Gasteiger charge is -2.32. The molecule has 1 aliphatic carbocycles. The zero-order valence-electron chi connectivity index (χ0n) is 22.6. The van der Waals surface area contributed by atoms with Crippen LogP contribution in [0.1, 0.15) is 49.9 Å². The zero-order chi connectivity index (χ0) is 26.5. The number of ether oxygens (including phenoxy) is 1. The van der Waals surface area contributed by atoms with Gasteiger partial charge in [0.25, 0.3) is 0 Å². The molecule has 39 heavy (non-hydrogen) atoms. The van der Waals surface area contributed by atoms with Gasteiger partial charge in [-0.25, -0.2) is 9.78 Å². The van der Waals surface area contributed by atoms with Gasteiger partial charge >= 0.3 is 7.40 Å². The van der Waals surface area contributed by atoms with E-state index in [9.17, 15) is 14.4 Å². The van der Waals surface area contributed by atoms with Crippen molar-refractivity contribution >= 4 is 40.7 Å². The first-order valence-electron chi connectivity index (χ1n) is 12.9. The summed E-state index contributed by atoms with van der Waals surface area (Å²) in [6, 6.07) is 21.5. The number of hydrogen-bond donors (Lipinski definition) is 2. The van der Waals surface area contributed by atoms with Crippen LogP contribution in [0.25, 0.3) is 22.4 Å². The fourth-order valence-electron chi connectivity index (χ4n) is 5.37. The molecule has 1 fully saturated rings. The number of amides is 2. The number of anilines is 2. The maximum atomic E-state index is 14.1. The van der Waals surface area contributed by atoms with E-state index in [0.717, 1.165) is 48.7 Å². The van der Waals surface area contributed by atoms with Gasteiger partial charge in [-0.05, 0) is 61.2 Å². The van der Waals surface area contributed by atoms with Crippen LogP contribution in [0.15, 0.2) is 72.8 Å². The van der Waals surface area contributed by atoms with Crippen LogP contribution in [0.5, 0.6) is 0 Å². The Balaban J connectivity index is 0.00000220. The molecule has 1 aromatic heterocycles. The third kappa shape index (κ3) is 5.96. The van der Waals surface area contributed by atoms with Gasteiger partial charge in [-0.2, -0.15) is 0 Å². The molecule has 0 bridgehead atoms. The minimum absolute atomic E-state index is 0. The molecule has 8 nitrogen and oxygen atoms in total. The molecule has 9 heteroatoms. The Morgan fingerprint density at radius 3 is 2.44 bits per heavy atom. The van der Waals surface area contributed by atoms with Gasteiger partial charge in [0.15, 0.2) is 0 Å². The largest absolute Gasteiger partial charge is 1.00 e. The number of carbonyl (C=O) groups excluding carboxylic acids is 3. The summed E-state index contributed by atoms with van der Waals surface area (Å²) in [5.41, 5.74) is 4.14. The number of fused-ring (bicyclic) bond motifs is 1. The topological polar surface area (TPSA) is 102 Å². The number of hydrogen-bond acceptors (Lipinski definition) is 5. The van der Waals surface area contributed by atoms with E-state index in [-0.39, 0.29) is 25.7 Å². The third-order valence-corrected chi connectivity index (χ3v) is 7.16. The molecule has 0 spiro atoms. The highest BCUT2D eigenvalue weighted by molar-refractivity contribution is 5.97. The van der Waals surface area contributed by atoms with Crippen LogP contribution in [0.3, 0.4) is 0 Å². The standard InChI is InChI=1S/C30H30N4O4.ClH/c1-38-30(37)22-16-14-21(15-17-22)28-33-25-12-5-6-13-26(25)34(28)27(20-8-3-2-4-9-20)29(36)32-24-11-7-10-23(18-24)31-19-35;/h5-7,10-20,27H,2-4,8-9H2,1H3,(H,31,35)(H,32,36);1H. The van der Waals surface area contributed by atoms with Crippen LogP contribution in [0, 0.1) is 5.92 Å². The van der Waals surface area contributed by atoms with Crippen molar-refractivity contribution < 1.29 is 33.0 Å². The Bertz CT molecular complexity index is 1470. The molecule has 5 rings (SSSR count). The van der Waals surface area contributed by atoms with Crippen LogP contribution in [-0.4, -0.2) is 34.9 Å². The fraction of sp³-hybridized carbons (Fsp3) is 0.267. The summed E-state index contributed by atoms with van der Waals surface area (Å²) >= 11 is 0. The van der Waals surface area contributed by atoms with Crippen molar-refractivity contribution in [3.63, 3.8) is 0 Å². The summed E-state index contributed by atoms with van der Waals surface area (Å²) in [5.74, 6) is 0.266. The molecule has 0 aliphatic heterocycles. The predicted molar refractivity (Wildman–Crippen MR) is 148 cm³/mol. The number of methoxy groups -OCH3 is 1. The number of benzene rings is 3. The number of para-hydroxylation sites is 2. The molecule has 0 radical (unpaired) electrons. The van der Waals surface area contributed by atoms with Crippen LogP contribution in [-0.2, 0) is 14.3 Å². The molecule has 1 aliphatic rings. The van der Waals surface area contributed by atoms with E-state index in [2.05, 4.69) is 15.2 Å². The molecule has 3 aromatic carbocycles. The van der Waals surface area contributed by atoms with Crippen molar-refractivity contribution in [3.05, 3.63) is 78.4 Å². The monoisotopic (exact) mass is 546 g/mol. The van der Waals surface area contributed by atoms with Crippen molar-refractivity contribution in [3.8, 4) is 11.4 Å². The minimum atomic E-state index is -0.499. The highest BCUT2D eigenvalue weighted by atomic mass is 35.5. The second-order valence-electron chi connectivity index (χ2n) is 9.54. The molecule has 2 N–H and O–H groups in total. The number of esters is 1. The lowest BCUT2D eigenvalue weighted by Crippen LogP contribution is -3.00. The van der Waals surface area contributed by atoms with E-state index >= 15 is 0 Å². The highest BCUT2D eigenvalue weighted by Gasteiger charge is 2.34. The maximum Gasteiger partial charge on any atom is 1.00 e. The van der Waals surface area contributed by atoms with Crippen LogP contribution in [0.4, 0.5) is 11.4 Å². The first-order valence-corrected chi connectivity index (χ1v) is 12.9. The smallest absolute Gasteiger partial charge is 1.00 e. The second-order valence-corrected chi connectivity index (χ2v) is 9.54. The summed E-state index contributed by atoms with van der Waals surface area (Å²) in [6.45, 7) is 0. The Hall–Kier alpha value is -4.17. The number of rotatable bonds is 8. The maximum absolute atomic E-state index is 14.1. The van der Waals surface area contributed by atoms with Crippen molar-refractivity contribution in [2.45, 2.75) is 38.1 Å². The number of nitrogens with one attached hydrogen (secondary N) is 2. The molecule has 2 amide bonds. The van der Waals surface area contributed by atoms with Crippen molar-refractivity contribution in [1.29, 1.82) is 0 Å². The van der Waals surface area contributed by atoms with Crippen molar-refractivity contribution in [2.24, 2.45) is 5.92 Å². The summed E-state index contributed by atoms with van der Waals surface area (Å²) < 4.78 is 6.90. The van der Waals surface area contributed by atoms with Gasteiger partial charge in [0.05, 0.1) is 23.7 Å². The van der Waals surface area contributed by atoms with Gasteiger partial charge in [0.2, 0.25) is 12.3 Å². The fourth-order valence-corrected chi connectivity index (χ4v) is 5.37. The van der Waals surface area contributed by atoms with Crippen LogP contribution >= 0.6 is 0 Å². The molecule has 1 heterocycles. The van der Waals surface area contributed by atoms with E-state index in [1.807, 2.05) is 42.5 Å². The normalized spacial score (nSPS) is 14.2. The summed E-state index contributed by atoms with van der Waals surface area (Å²) in [6.07, 6.45) is 5.81. The molecular weight excluding hydrogens is 516 g/mol. The Morgan fingerprint density at radius 1 is 1.00 bits per heavy atom. The molecular formula is C30H31ClN4O4. The number of imidazole rings is 1. The minimum Gasteiger partial charge on any atom is -1.00 e. The Labute approximate surface area is 234 Å². The van der Waals surface area contributed by atoms with Gasteiger partial charge in [0.1, 0.15) is 11.9 Å². The van der Waals surface area contributed by atoms with Crippen molar-refractivity contribution in [2.75, 3.05) is 17.7 Å². The second kappa shape index (κ2) is 12.6. The van der Waals surface area contributed by atoms with E-state index < -0.39 is 12.0 Å². The highest BCUT2D eigenvalue weighted by Crippen LogP contribution is 2.39. The zero-order valence-corrected chi connectivity index (χ0v) is 22.4. The summed E-state index contributed by atoms with van der Waals surface area (Å²) in [5, 5.41) is 5.73. The molecule has 1 saturated carbocycles. The lowest BCUT2D eigenvalue weighted by molar-refractivity contribution is -0.121. The third-order valence-electron chi connectivity index (χ3n) is 7.16. The van der Waals surface area contributed by atoms with Crippen molar-refractivity contribution in [1.82, 2.24) is 9.55 Å². The number of aromatic nitrogens is 2. The SMILES string of the molecule is COC(=O)c1ccc(-c2nc3ccccc3n2C(C(=O)Nc2cccc(NC=O)c2)C2CCCCC2)cc1.[Cl-].[H+]. The van der Waals surface area contributed by atoms with Gasteiger partial charge < -0.3 is 32.3 Å². The summed E-state index contributed by atoms with van der Waals surface area (Å²) in [7, 11) is 1.35. The molecule has 1 atom stereocenters. The quantitative estimate of drug-likeness (QED) is 0.261. The molecule has 1 unspecified atom stereocenters. The van der Waals surface area contributed by atoms with E-state index in [4.69, 9.17) is 9.72 Å². The molecule has 4 aromatic rings. The van der Waals surface area contributed by atoms with Gasteiger partial charge in [-0.3, -0.25) is 9.59 Å². The average molecular weight is 547 g/mol. The van der Waals surface area contributed by atoms with E-state index in [0.29, 0.717) is 29.2 Å². The Kier molecular flexibility index (Phi) is 8.99. The number of carbonyl (C=O) groups is 3. The molecule has 202 valence electrons. The van der Waals surface area contributed by atoms with E-state index in [1.165, 1.54) is 7.11 Å². The van der Waals surface area contributed by atoms with E-state index in [1.54, 1.807) is 30.3 Å².